The van der Waals surface area contributed by atoms with Gasteiger partial charge in [-0.15, -0.1) is 0 Å². The van der Waals surface area contributed by atoms with Crippen LogP contribution in [0.4, 0.5) is 0 Å². The van der Waals surface area contributed by atoms with Crippen molar-refractivity contribution in [2.45, 2.75) is 77.6 Å². The van der Waals surface area contributed by atoms with E-state index in [1.54, 1.807) is 0 Å². The van der Waals surface area contributed by atoms with Crippen LogP contribution in [-0.2, 0) is 6.42 Å². The van der Waals surface area contributed by atoms with Crippen LogP contribution in [0, 0.1) is 5.92 Å². The largest absolute Gasteiger partial charge is 0.461 e. The van der Waals surface area contributed by atoms with Gasteiger partial charge in [0.05, 0.1) is 0 Å². The first-order valence-electron chi connectivity index (χ1n) is 9.99. The van der Waals surface area contributed by atoms with E-state index in [-0.39, 0.29) is 0 Å². The second-order valence-electron chi connectivity index (χ2n) is 7.45. The van der Waals surface area contributed by atoms with Crippen molar-refractivity contribution in [2.75, 3.05) is 0 Å². The first-order chi connectivity index (χ1) is 11.8. The van der Waals surface area contributed by atoms with Gasteiger partial charge in [0.15, 0.2) is 0 Å². The van der Waals surface area contributed by atoms with Gasteiger partial charge in [-0.1, -0.05) is 63.8 Å². The van der Waals surface area contributed by atoms with Gasteiger partial charge < -0.3 is 4.42 Å². The molecule has 0 amide bonds. The third-order valence-corrected chi connectivity index (χ3v) is 5.74. The molecule has 0 unspecified atom stereocenters. The Morgan fingerprint density at radius 2 is 1.62 bits per heavy atom. The van der Waals surface area contributed by atoms with Crippen LogP contribution in [0.1, 0.15) is 82.5 Å². The van der Waals surface area contributed by atoms with Gasteiger partial charge in [-0.05, 0) is 55.2 Å². The van der Waals surface area contributed by atoms with E-state index in [9.17, 15) is 0 Å². The second-order valence-corrected chi connectivity index (χ2v) is 7.45. The lowest BCUT2D eigenvalue weighted by atomic mass is 9.77. The van der Waals surface area contributed by atoms with Crippen molar-refractivity contribution >= 4 is 0 Å². The predicted molar refractivity (Wildman–Crippen MR) is 102 cm³/mol. The number of hydrogen-bond donors (Lipinski definition) is 0. The van der Waals surface area contributed by atoms with Crippen molar-refractivity contribution in [2.24, 2.45) is 5.92 Å². The number of furan rings is 1. The Bertz CT molecular complexity index is 599. The van der Waals surface area contributed by atoms with Crippen LogP contribution in [0.5, 0.6) is 0 Å². The van der Waals surface area contributed by atoms with Crippen LogP contribution < -0.4 is 0 Å². The maximum Gasteiger partial charge on any atom is 0.134 e. The molecular weight excluding hydrogens is 292 g/mol. The Hall–Kier alpha value is -1.50. The zero-order chi connectivity index (χ0) is 16.8. The molecule has 3 rings (SSSR count). The molecule has 2 aromatic rings. The molecule has 0 saturated heterocycles. The topological polar surface area (TPSA) is 13.1 Å². The Labute approximate surface area is 147 Å². The molecule has 1 fully saturated rings. The highest BCUT2D eigenvalue weighted by molar-refractivity contribution is 5.58. The molecule has 0 spiro atoms. The van der Waals surface area contributed by atoms with Gasteiger partial charge >= 0.3 is 0 Å². The van der Waals surface area contributed by atoms with Crippen molar-refractivity contribution in [1.29, 1.82) is 0 Å². The highest BCUT2D eigenvalue weighted by Crippen LogP contribution is 2.38. The fourth-order valence-electron chi connectivity index (χ4n) is 4.11. The third-order valence-electron chi connectivity index (χ3n) is 5.74. The molecule has 24 heavy (non-hydrogen) atoms. The van der Waals surface area contributed by atoms with Gasteiger partial charge in [0.2, 0.25) is 0 Å². The quantitative estimate of drug-likeness (QED) is 0.485. The van der Waals surface area contributed by atoms with Crippen molar-refractivity contribution in [3.63, 3.8) is 0 Å². The molecule has 130 valence electrons. The number of aryl methyl sites for hydroxylation is 1. The van der Waals surface area contributed by atoms with Crippen LogP contribution >= 0.6 is 0 Å². The van der Waals surface area contributed by atoms with Crippen LogP contribution in [0.2, 0.25) is 0 Å². The van der Waals surface area contributed by atoms with Crippen molar-refractivity contribution in [3.05, 3.63) is 47.7 Å². The molecule has 1 nitrogen and oxygen atoms in total. The van der Waals surface area contributed by atoms with Gasteiger partial charge in [-0.3, -0.25) is 0 Å². The zero-order valence-electron chi connectivity index (χ0n) is 15.4. The first kappa shape index (κ1) is 17.3. The minimum absolute atomic E-state index is 0.768. The van der Waals surface area contributed by atoms with Crippen molar-refractivity contribution in [1.82, 2.24) is 0 Å². The van der Waals surface area contributed by atoms with E-state index in [1.807, 2.05) is 0 Å². The van der Waals surface area contributed by atoms with E-state index in [2.05, 4.69) is 50.2 Å². The molecule has 0 bridgehead atoms. The molecule has 1 aliphatic rings. The number of rotatable bonds is 7. The monoisotopic (exact) mass is 324 g/mol. The number of hydrogen-bond acceptors (Lipinski definition) is 1. The summed E-state index contributed by atoms with van der Waals surface area (Å²) in [6, 6.07) is 13.3. The van der Waals surface area contributed by atoms with E-state index in [0.29, 0.717) is 0 Å². The van der Waals surface area contributed by atoms with E-state index in [1.165, 1.54) is 62.5 Å². The fraction of sp³-hybridized carbons (Fsp3) is 0.565. The molecule has 1 aromatic carbocycles. The Kier molecular flexibility index (Phi) is 6.18. The summed E-state index contributed by atoms with van der Waals surface area (Å²) in [4.78, 5) is 0. The molecule has 1 saturated carbocycles. The normalized spacial score (nSPS) is 21.1. The molecule has 0 atom stereocenters. The highest BCUT2D eigenvalue weighted by Gasteiger charge is 2.22. The number of benzene rings is 1. The SMILES string of the molecule is CCCCC[C@H]1CC[C@H](c2ccc(-c3ccc(CC)o3)cc2)CC1. The molecule has 0 radical (unpaired) electrons. The van der Waals surface area contributed by atoms with E-state index < -0.39 is 0 Å². The molecule has 1 aromatic heterocycles. The van der Waals surface area contributed by atoms with Gasteiger partial charge in [0.25, 0.3) is 0 Å². The average Bonchev–Trinajstić information content (AvgIpc) is 3.12. The highest BCUT2D eigenvalue weighted by atomic mass is 16.3. The summed E-state index contributed by atoms with van der Waals surface area (Å²) in [5.74, 6) is 3.82. The fourth-order valence-corrected chi connectivity index (χ4v) is 4.11. The van der Waals surface area contributed by atoms with Crippen LogP contribution in [0.3, 0.4) is 0 Å². The summed E-state index contributed by atoms with van der Waals surface area (Å²) < 4.78 is 5.86. The smallest absolute Gasteiger partial charge is 0.134 e. The van der Waals surface area contributed by atoms with E-state index >= 15 is 0 Å². The van der Waals surface area contributed by atoms with Gasteiger partial charge in [0, 0.05) is 12.0 Å². The summed E-state index contributed by atoms with van der Waals surface area (Å²) in [5.41, 5.74) is 2.72. The van der Waals surface area contributed by atoms with Crippen molar-refractivity contribution < 1.29 is 4.42 Å². The number of unbranched alkanes of at least 4 members (excludes halogenated alkanes) is 2. The maximum absolute atomic E-state index is 5.86. The van der Waals surface area contributed by atoms with E-state index in [0.717, 1.165) is 29.8 Å². The van der Waals surface area contributed by atoms with E-state index in [4.69, 9.17) is 4.42 Å². The summed E-state index contributed by atoms with van der Waals surface area (Å²) in [6.45, 7) is 4.43. The summed E-state index contributed by atoms with van der Waals surface area (Å²) in [7, 11) is 0. The molecule has 0 N–H and O–H groups in total. The second kappa shape index (κ2) is 8.55. The lowest BCUT2D eigenvalue weighted by molar-refractivity contribution is 0.303. The minimum atomic E-state index is 0.768. The Morgan fingerprint density at radius 1 is 0.875 bits per heavy atom. The summed E-state index contributed by atoms with van der Waals surface area (Å²) in [5, 5.41) is 0. The third kappa shape index (κ3) is 4.32. The Balaban J connectivity index is 1.55. The van der Waals surface area contributed by atoms with Crippen molar-refractivity contribution in [3.8, 4) is 11.3 Å². The summed E-state index contributed by atoms with van der Waals surface area (Å²) >= 11 is 0. The molecule has 0 aliphatic heterocycles. The maximum atomic E-state index is 5.86. The van der Waals surface area contributed by atoms with Crippen LogP contribution in [0.15, 0.2) is 40.8 Å². The Morgan fingerprint density at radius 3 is 2.25 bits per heavy atom. The summed E-state index contributed by atoms with van der Waals surface area (Å²) in [6.07, 6.45) is 12.2. The minimum Gasteiger partial charge on any atom is -0.461 e. The van der Waals surface area contributed by atoms with Gasteiger partial charge in [-0.2, -0.15) is 0 Å². The van der Waals surface area contributed by atoms with Gasteiger partial charge in [0.1, 0.15) is 11.5 Å². The van der Waals surface area contributed by atoms with Gasteiger partial charge in [-0.25, -0.2) is 0 Å². The molecule has 1 heteroatoms. The predicted octanol–water partition coefficient (Wildman–Crippen LogP) is 7.36. The first-order valence-corrected chi connectivity index (χ1v) is 9.99. The average molecular weight is 325 g/mol. The lowest BCUT2D eigenvalue weighted by Crippen LogP contribution is -2.13. The molecule has 1 aliphatic carbocycles. The molecule has 1 heterocycles. The zero-order valence-corrected chi connectivity index (χ0v) is 15.4. The molecular formula is C23H32O. The van der Waals surface area contributed by atoms with Crippen LogP contribution in [-0.4, -0.2) is 0 Å². The standard InChI is InChI=1S/C23H32O/c1-3-5-6-7-18-8-10-19(11-9-18)20-12-14-21(15-13-20)23-17-16-22(4-2)24-23/h12-19H,3-11H2,1-2H3/t18-,19-. The lowest BCUT2D eigenvalue weighted by Gasteiger charge is -2.29. The van der Waals surface area contributed by atoms with Crippen LogP contribution in [0.25, 0.3) is 11.3 Å².